The molecule has 0 saturated heterocycles. The van der Waals surface area contributed by atoms with Gasteiger partial charge in [0.25, 0.3) is 0 Å². The van der Waals surface area contributed by atoms with Crippen molar-refractivity contribution in [3.63, 3.8) is 0 Å². The summed E-state index contributed by atoms with van der Waals surface area (Å²) in [6.07, 6.45) is 0.612. The third-order valence-electron chi connectivity index (χ3n) is 2.21. The molecule has 16 heavy (non-hydrogen) atoms. The maximum Gasteiger partial charge on any atom is 0.179 e. The van der Waals surface area contributed by atoms with Gasteiger partial charge in [-0.3, -0.25) is 0 Å². The Balaban J connectivity index is 3.03. The average molecular weight is 282 g/mol. The molecule has 0 bridgehead atoms. The van der Waals surface area contributed by atoms with Gasteiger partial charge in [-0.2, -0.15) is 0 Å². The van der Waals surface area contributed by atoms with E-state index in [1.165, 1.54) is 18.2 Å². The Morgan fingerprint density at radius 3 is 2.44 bits per heavy atom. The molecule has 0 heterocycles. The molecule has 90 valence electrons. The Morgan fingerprint density at radius 1 is 1.31 bits per heavy atom. The van der Waals surface area contributed by atoms with Crippen LogP contribution in [0.5, 0.6) is 0 Å². The van der Waals surface area contributed by atoms with E-state index >= 15 is 0 Å². The number of halogens is 2. The van der Waals surface area contributed by atoms with Crippen LogP contribution in [0.25, 0.3) is 0 Å². The second-order valence-corrected chi connectivity index (χ2v) is 6.37. The SMILES string of the molecule is CCC(N)CS(=O)(=O)c1ccc(Cl)c(Cl)c1. The highest BCUT2D eigenvalue weighted by Crippen LogP contribution is 2.25. The smallest absolute Gasteiger partial charge is 0.179 e. The van der Waals surface area contributed by atoms with Gasteiger partial charge < -0.3 is 5.73 Å². The molecular formula is C10H13Cl2NO2S. The zero-order chi connectivity index (χ0) is 12.3. The monoisotopic (exact) mass is 281 g/mol. The molecule has 0 amide bonds. The van der Waals surface area contributed by atoms with Crippen LogP contribution in [0.15, 0.2) is 23.1 Å². The first-order valence-electron chi connectivity index (χ1n) is 4.80. The summed E-state index contributed by atoms with van der Waals surface area (Å²) in [4.78, 5) is 0.158. The maximum absolute atomic E-state index is 11.9. The summed E-state index contributed by atoms with van der Waals surface area (Å²) in [7, 11) is -3.38. The predicted octanol–water partition coefficient (Wildman–Crippen LogP) is 2.50. The van der Waals surface area contributed by atoms with Crippen molar-refractivity contribution in [3.05, 3.63) is 28.2 Å². The number of rotatable bonds is 4. The Morgan fingerprint density at radius 2 is 1.94 bits per heavy atom. The highest BCUT2D eigenvalue weighted by Gasteiger charge is 2.18. The van der Waals surface area contributed by atoms with Gasteiger partial charge >= 0.3 is 0 Å². The largest absolute Gasteiger partial charge is 0.327 e. The van der Waals surface area contributed by atoms with Crippen LogP contribution in [0.1, 0.15) is 13.3 Å². The molecule has 1 aromatic rings. The minimum atomic E-state index is -3.38. The molecule has 0 radical (unpaired) electrons. The van der Waals surface area contributed by atoms with E-state index in [0.717, 1.165) is 0 Å². The van der Waals surface area contributed by atoms with Gasteiger partial charge in [0.15, 0.2) is 9.84 Å². The fourth-order valence-corrected chi connectivity index (χ4v) is 3.09. The molecular weight excluding hydrogens is 269 g/mol. The van der Waals surface area contributed by atoms with E-state index in [-0.39, 0.29) is 21.7 Å². The molecule has 0 fully saturated rings. The lowest BCUT2D eigenvalue weighted by Crippen LogP contribution is -2.28. The van der Waals surface area contributed by atoms with Gasteiger partial charge in [-0.25, -0.2) is 8.42 Å². The summed E-state index contributed by atoms with van der Waals surface area (Å²) in [5.74, 6) is -0.0819. The van der Waals surface area contributed by atoms with E-state index in [9.17, 15) is 8.42 Å². The summed E-state index contributed by atoms with van der Waals surface area (Å²) < 4.78 is 23.8. The minimum Gasteiger partial charge on any atom is -0.327 e. The van der Waals surface area contributed by atoms with Crippen LogP contribution in [0.4, 0.5) is 0 Å². The van der Waals surface area contributed by atoms with Gasteiger partial charge in [0.2, 0.25) is 0 Å². The molecule has 0 spiro atoms. The van der Waals surface area contributed by atoms with Gasteiger partial charge in [-0.05, 0) is 24.6 Å². The number of benzene rings is 1. The Bertz CT molecular complexity index is 474. The molecule has 0 aliphatic heterocycles. The fraction of sp³-hybridized carbons (Fsp3) is 0.400. The van der Waals surface area contributed by atoms with E-state index in [2.05, 4.69) is 0 Å². The molecule has 0 aromatic heterocycles. The number of hydrogen-bond acceptors (Lipinski definition) is 3. The summed E-state index contributed by atoms with van der Waals surface area (Å²) in [5.41, 5.74) is 5.63. The van der Waals surface area contributed by atoms with Crippen molar-refractivity contribution in [3.8, 4) is 0 Å². The first-order valence-corrected chi connectivity index (χ1v) is 7.21. The van der Waals surface area contributed by atoms with Gasteiger partial charge in [0, 0.05) is 6.04 Å². The maximum atomic E-state index is 11.9. The van der Waals surface area contributed by atoms with Crippen molar-refractivity contribution in [1.82, 2.24) is 0 Å². The number of nitrogens with two attached hydrogens (primary N) is 1. The van der Waals surface area contributed by atoms with Crippen molar-refractivity contribution in [2.75, 3.05) is 5.75 Å². The normalized spacial score (nSPS) is 13.8. The highest BCUT2D eigenvalue weighted by molar-refractivity contribution is 7.91. The quantitative estimate of drug-likeness (QED) is 0.923. The van der Waals surface area contributed by atoms with E-state index in [1.807, 2.05) is 6.92 Å². The van der Waals surface area contributed by atoms with Gasteiger partial charge in [0.05, 0.1) is 20.7 Å². The van der Waals surface area contributed by atoms with Gasteiger partial charge in [0.1, 0.15) is 0 Å². The highest BCUT2D eigenvalue weighted by atomic mass is 35.5. The van der Waals surface area contributed by atoms with E-state index in [4.69, 9.17) is 28.9 Å². The third kappa shape index (κ3) is 3.35. The first kappa shape index (κ1) is 13.8. The van der Waals surface area contributed by atoms with E-state index in [0.29, 0.717) is 11.4 Å². The lowest BCUT2D eigenvalue weighted by atomic mass is 10.3. The molecule has 1 atom stereocenters. The summed E-state index contributed by atoms with van der Waals surface area (Å²) in [5, 5.41) is 0.563. The Labute approximate surface area is 105 Å². The van der Waals surface area contributed by atoms with Crippen molar-refractivity contribution < 1.29 is 8.42 Å². The van der Waals surface area contributed by atoms with Crippen LogP contribution < -0.4 is 5.73 Å². The Hall–Kier alpha value is -0.290. The van der Waals surface area contributed by atoms with Crippen molar-refractivity contribution >= 4 is 33.0 Å². The van der Waals surface area contributed by atoms with Crippen molar-refractivity contribution in [1.29, 1.82) is 0 Å². The molecule has 0 aliphatic carbocycles. The van der Waals surface area contributed by atoms with Gasteiger partial charge in [-0.15, -0.1) is 0 Å². The molecule has 0 aliphatic rings. The lowest BCUT2D eigenvalue weighted by molar-refractivity contribution is 0.584. The molecule has 1 unspecified atom stereocenters. The zero-order valence-corrected chi connectivity index (χ0v) is 11.1. The molecule has 1 aromatic carbocycles. The molecule has 6 heteroatoms. The van der Waals surface area contributed by atoms with E-state index in [1.54, 1.807) is 0 Å². The van der Waals surface area contributed by atoms with Crippen LogP contribution in [0.3, 0.4) is 0 Å². The Kier molecular flexibility index (Phi) is 4.62. The van der Waals surface area contributed by atoms with Crippen molar-refractivity contribution in [2.24, 2.45) is 5.73 Å². The zero-order valence-electron chi connectivity index (χ0n) is 8.78. The minimum absolute atomic E-state index is 0.0819. The summed E-state index contributed by atoms with van der Waals surface area (Å²) in [6, 6.07) is 3.89. The molecule has 3 nitrogen and oxygen atoms in total. The summed E-state index contributed by atoms with van der Waals surface area (Å²) in [6.45, 7) is 1.84. The lowest BCUT2D eigenvalue weighted by Gasteiger charge is -2.10. The average Bonchev–Trinajstić information content (AvgIpc) is 2.21. The molecule has 0 saturated carbocycles. The molecule has 2 N–H and O–H groups in total. The van der Waals surface area contributed by atoms with Crippen molar-refractivity contribution in [2.45, 2.75) is 24.3 Å². The standard InChI is InChI=1S/C10H13Cl2NO2S/c1-2-7(13)6-16(14,15)8-3-4-9(11)10(12)5-8/h3-5,7H,2,6,13H2,1H3. The number of sulfone groups is 1. The van der Waals surface area contributed by atoms with Crippen LogP contribution in [0, 0.1) is 0 Å². The second-order valence-electron chi connectivity index (χ2n) is 3.53. The topological polar surface area (TPSA) is 60.2 Å². The second kappa shape index (κ2) is 5.36. The molecule has 1 rings (SSSR count). The van der Waals surface area contributed by atoms with Crippen LogP contribution in [-0.4, -0.2) is 20.2 Å². The third-order valence-corrected chi connectivity index (χ3v) is 4.79. The van der Waals surface area contributed by atoms with Crippen LogP contribution >= 0.6 is 23.2 Å². The van der Waals surface area contributed by atoms with Crippen LogP contribution in [0.2, 0.25) is 10.0 Å². The number of hydrogen-bond donors (Lipinski definition) is 1. The summed E-state index contributed by atoms with van der Waals surface area (Å²) >= 11 is 11.5. The first-order chi connectivity index (χ1) is 7.36. The predicted molar refractivity (Wildman–Crippen MR) is 66.8 cm³/mol. The van der Waals surface area contributed by atoms with E-state index < -0.39 is 9.84 Å². The fourth-order valence-electron chi connectivity index (χ4n) is 1.17. The van der Waals surface area contributed by atoms with Crippen LogP contribution in [-0.2, 0) is 9.84 Å². The van der Waals surface area contributed by atoms with Gasteiger partial charge in [-0.1, -0.05) is 30.1 Å².